The van der Waals surface area contributed by atoms with Crippen molar-refractivity contribution in [1.29, 1.82) is 0 Å². The summed E-state index contributed by atoms with van der Waals surface area (Å²) < 4.78 is 24.6. The standard InChI is InChI=1S/C10H15ClN2O2S/c1-13(2)10-5-3-9(4-6-10)7-12-16(14,15)8-11/h3-6,12H,7-8H2,1-2H3. The zero-order chi connectivity index (χ0) is 12.2. The summed E-state index contributed by atoms with van der Waals surface area (Å²) in [4.78, 5) is 1.98. The highest BCUT2D eigenvalue weighted by molar-refractivity contribution is 7.90. The Morgan fingerprint density at radius 2 is 1.81 bits per heavy atom. The molecule has 0 aliphatic carbocycles. The van der Waals surface area contributed by atoms with Crippen molar-refractivity contribution in [2.24, 2.45) is 0 Å². The van der Waals surface area contributed by atoms with Gasteiger partial charge in [-0.05, 0) is 17.7 Å². The fourth-order valence-corrected chi connectivity index (χ4v) is 1.84. The number of benzene rings is 1. The number of nitrogens with zero attached hydrogens (tertiary/aromatic N) is 1. The molecule has 0 heterocycles. The summed E-state index contributed by atoms with van der Waals surface area (Å²) in [6, 6.07) is 7.63. The predicted molar refractivity (Wildman–Crippen MR) is 67.2 cm³/mol. The zero-order valence-electron chi connectivity index (χ0n) is 9.27. The molecule has 1 rings (SSSR count). The predicted octanol–water partition coefficient (Wildman–Crippen LogP) is 1.37. The lowest BCUT2D eigenvalue weighted by molar-refractivity contribution is 0.586. The minimum Gasteiger partial charge on any atom is -0.378 e. The molecule has 0 radical (unpaired) electrons. The third-order valence-electron chi connectivity index (χ3n) is 2.09. The van der Waals surface area contributed by atoms with Crippen LogP contribution in [0.3, 0.4) is 0 Å². The van der Waals surface area contributed by atoms with Crippen LogP contribution >= 0.6 is 11.6 Å². The second kappa shape index (κ2) is 5.52. The summed E-state index contributed by atoms with van der Waals surface area (Å²) in [6.45, 7) is 0.267. The van der Waals surface area contributed by atoms with Crippen LogP contribution in [-0.2, 0) is 16.6 Å². The van der Waals surface area contributed by atoms with Crippen LogP contribution in [0.1, 0.15) is 5.56 Å². The Labute approximate surface area is 101 Å². The highest BCUT2D eigenvalue weighted by Gasteiger charge is 2.06. The summed E-state index contributed by atoms with van der Waals surface area (Å²) in [5, 5.41) is -0.414. The molecule has 0 aliphatic rings. The first-order chi connectivity index (χ1) is 7.44. The molecule has 6 heteroatoms. The Balaban J connectivity index is 2.63. The summed E-state index contributed by atoms with van der Waals surface area (Å²) >= 11 is 5.27. The van der Waals surface area contributed by atoms with Crippen molar-refractivity contribution in [3.8, 4) is 0 Å². The van der Waals surface area contributed by atoms with Crippen molar-refractivity contribution >= 4 is 27.3 Å². The first-order valence-electron chi connectivity index (χ1n) is 4.74. The molecule has 0 saturated heterocycles. The van der Waals surface area contributed by atoms with E-state index in [9.17, 15) is 8.42 Å². The van der Waals surface area contributed by atoms with E-state index in [1.807, 2.05) is 43.3 Å². The van der Waals surface area contributed by atoms with Crippen molar-refractivity contribution < 1.29 is 8.42 Å². The van der Waals surface area contributed by atoms with Gasteiger partial charge in [-0.1, -0.05) is 12.1 Å². The minimum absolute atomic E-state index is 0.267. The quantitative estimate of drug-likeness (QED) is 0.816. The summed E-state index contributed by atoms with van der Waals surface area (Å²) in [5.41, 5.74) is 1.98. The van der Waals surface area contributed by atoms with Gasteiger partial charge in [0.2, 0.25) is 10.0 Å². The van der Waals surface area contributed by atoms with Crippen LogP contribution in [0.15, 0.2) is 24.3 Å². The molecule has 0 aromatic heterocycles. The smallest absolute Gasteiger partial charge is 0.225 e. The Morgan fingerprint density at radius 1 is 1.25 bits per heavy atom. The molecule has 4 nitrogen and oxygen atoms in total. The molecule has 0 spiro atoms. The van der Waals surface area contributed by atoms with E-state index in [1.165, 1.54) is 0 Å². The second-order valence-corrected chi connectivity index (χ2v) is 6.00. The van der Waals surface area contributed by atoms with E-state index in [-0.39, 0.29) is 6.54 Å². The van der Waals surface area contributed by atoms with Gasteiger partial charge in [0, 0.05) is 26.3 Å². The van der Waals surface area contributed by atoms with Gasteiger partial charge in [-0.2, -0.15) is 0 Å². The number of hydrogen-bond acceptors (Lipinski definition) is 3. The van der Waals surface area contributed by atoms with Crippen molar-refractivity contribution in [3.63, 3.8) is 0 Å². The molecule has 0 atom stereocenters. The third kappa shape index (κ3) is 4.00. The molecule has 1 aromatic rings. The molecule has 0 unspecified atom stereocenters. The monoisotopic (exact) mass is 262 g/mol. The Bertz CT molecular complexity index is 429. The van der Waals surface area contributed by atoms with Gasteiger partial charge in [-0.3, -0.25) is 0 Å². The van der Waals surface area contributed by atoms with Gasteiger partial charge in [0.25, 0.3) is 0 Å². The number of rotatable bonds is 5. The highest BCUT2D eigenvalue weighted by atomic mass is 35.5. The number of anilines is 1. The molecule has 90 valence electrons. The number of halogens is 1. The molecule has 0 bridgehead atoms. The lowest BCUT2D eigenvalue weighted by Gasteiger charge is -2.12. The molecule has 1 N–H and O–H groups in total. The van der Waals surface area contributed by atoms with Crippen molar-refractivity contribution in [2.75, 3.05) is 24.2 Å². The van der Waals surface area contributed by atoms with Crippen LogP contribution < -0.4 is 9.62 Å². The van der Waals surface area contributed by atoms with Gasteiger partial charge >= 0.3 is 0 Å². The van der Waals surface area contributed by atoms with Gasteiger partial charge in [0.05, 0.1) is 0 Å². The van der Waals surface area contributed by atoms with E-state index in [0.29, 0.717) is 0 Å². The van der Waals surface area contributed by atoms with Crippen LogP contribution in [0.5, 0.6) is 0 Å². The van der Waals surface area contributed by atoms with Crippen molar-refractivity contribution in [1.82, 2.24) is 4.72 Å². The fourth-order valence-electron chi connectivity index (χ4n) is 1.14. The van der Waals surface area contributed by atoms with Gasteiger partial charge in [0.15, 0.2) is 0 Å². The lowest BCUT2D eigenvalue weighted by atomic mass is 10.2. The fraction of sp³-hybridized carbons (Fsp3) is 0.400. The SMILES string of the molecule is CN(C)c1ccc(CNS(=O)(=O)CCl)cc1. The third-order valence-corrected chi connectivity index (χ3v) is 3.83. The Hall–Kier alpha value is -0.780. The maximum Gasteiger partial charge on any atom is 0.225 e. The number of nitrogens with one attached hydrogen (secondary N) is 1. The number of sulfonamides is 1. The van der Waals surface area contributed by atoms with E-state index in [1.54, 1.807) is 0 Å². The second-order valence-electron chi connectivity index (χ2n) is 3.61. The molecular weight excluding hydrogens is 248 g/mol. The zero-order valence-corrected chi connectivity index (χ0v) is 10.8. The molecular formula is C10H15ClN2O2S. The largest absolute Gasteiger partial charge is 0.378 e. The van der Waals surface area contributed by atoms with Gasteiger partial charge < -0.3 is 4.90 Å². The lowest BCUT2D eigenvalue weighted by Crippen LogP contribution is -2.23. The molecule has 0 saturated carbocycles. The van der Waals surface area contributed by atoms with E-state index in [4.69, 9.17) is 11.6 Å². The number of alkyl halides is 1. The molecule has 0 aliphatic heterocycles. The molecule has 0 amide bonds. The van der Waals surface area contributed by atoms with E-state index >= 15 is 0 Å². The van der Waals surface area contributed by atoms with Crippen LogP contribution in [-0.4, -0.2) is 27.7 Å². The van der Waals surface area contributed by atoms with Crippen molar-refractivity contribution in [3.05, 3.63) is 29.8 Å². The number of hydrogen-bond donors (Lipinski definition) is 1. The average molecular weight is 263 g/mol. The highest BCUT2D eigenvalue weighted by Crippen LogP contribution is 2.12. The molecule has 0 fully saturated rings. The Morgan fingerprint density at radius 3 is 2.25 bits per heavy atom. The summed E-state index contributed by atoms with van der Waals surface area (Å²) in [6.07, 6.45) is 0. The first kappa shape index (κ1) is 13.3. The maximum atomic E-state index is 11.1. The van der Waals surface area contributed by atoms with Crippen molar-refractivity contribution in [2.45, 2.75) is 6.54 Å². The topological polar surface area (TPSA) is 49.4 Å². The van der Waals surface area contributed by atoms with Crippen LogP contribution in [0.2, 0.25) is 0 Å². The minimum atomic E-state index is -3.34. The van der Waals surface area contributed by atoms with Crippen LogP contribution in [0, 0.1) is 0 Å². The van der Waals surface area contributed by atoms with E-state index < -0.39 is 15.2 Å². The normalized spacial score (nSPS) is 11.4. The van der Waals surface area contributed by atoms with Crippen LogP contribution in [0.25, 0.3) is 0 Å². The van der Waals surface area contributed by atoms with E-state index in [2.05, 4.69) is 4.72 Å². The Kier molecular flexibility index (Phi) is 4.58. The van der Waals surface area contributed by atoms with E-state index in [0.717, 1.165) is 11.3 Å². The van der Waals surface area contributed by atoms with Gasteiger partial charge in [-0.15, -0.1) is 11.6 Å². The maximum absolute atomic E-state index is 11.1. The molecule has 16 heavy (non-hydrogen) atoms. The van der Waals surface area contributed by atoms with Crippen LogP contribution in [0.4, 0.5) is 5.69 Å². The molecule has 1 aromatic carbocycles. The van der Waals surface area contributed by atoms with Gasteiger partial charge in [-0.25, -0.2) is 13.1 Å². The summed E-state index contributed by atoms with van der Waals surface area (Å²) in [5.74, 6) is 0. The average Bonchev–Trinajstić information content (AvgIpc) is 2.27. The van der Waals surface area contributed by atoms with Gasteiger partial charge in [0.1, 0.15) is 5.21 Å². The summed E-state index contributed by atoms with van der Waals surface area (Å²) in [7, 11) is 0.560. The first-order valence-corrected chi connectivity index (χ1v) is 6.93.